The molecular formula is C26H33ClFN3O3. The molecule has 2 aliphatic rings. The molecule has 4 rings (SSSR count). The first-order valence-corrected chi connectivity index (χ1v) is 11.6. The number of amides is 1. The first-order valence-electron chi connectivity index (χ1n) is 11.6. The van der Waals surface area contributed by atoms with E-state index in [1.807, 2.05) is 16.7 Å². The summed E-state index contributed by atoms with van der Waals surface area (Å²) in [5, 5.41) is 0. The van der Waals surface area contributed by atoms with E-state index in [1.165, 1.54) is 5.56 Å². The molecule has 2 aliphatic heterocycles. The van der Waals surface area contributed by atoms with Gasteiger partial charge in [0.15, 0.2) is 0 Å². The number of nitrogens with two attached hydrogens (primary N) is 1. The van der Waals surface area contributed by atoms with Gasteiger partial charge in [-0.2, -0.15) is 0 Å². The highest BCUT2D eigenvalue weighted by molar-refractivity contribution is 5.85. The van der Waals surface area contributed by atoms with Crippen LogP contribution in [-0.2, 0) is 16.1 Å². The van der Waals surface area contributed by atoms with Gasteiger partial charge >= 0.3 is 5.97 Å². The van der Waals surface area contributed by atoms with Gasteiger partial charge in [0.1, 0.15) is 18.0 Å². The number of ether oxygens (including phenoxy) is 1. The van der Waals surface area contributed by atoms with E-state index in [2.05, 4.69) is 24.3 Å². The summed E-state index contributed by atoms with van der Waals surface area (Å²) < 4.78 is 20.4. The average Bonchev–Trinajstić information content (AvgIpc) is 3.16. The molecule has 1 unspecified atom stereocenters. The van der Waals surface area contributed by atoms with Crippen molar-refractivity contribution in [1.82, 2.24) is 9.80 Å². The lowest BCUT2D eigenvalue weighted by atomic mass is 9.87. The number of alkyl halides is 1. The number of carbonyl (C=O) groups excluding carboxylic acids is 2. The lowest BCUT2D eigenvalue weighted by Crippen LogP contribution is -2.49. The zero-order chi connectivity index (χ0) is 23.5. The second kappa shape index (κ2) is 11.3. The van der Waals surface area contributed by atoms with E-state index in [0.29, 0.717) is 31.8 Å². The van der Waals surface area contributed by atoms with Crippen LogP contribution in [0.15, 0.2) is 48.5 Å². The van der Waals surface area contributed by atoms with Crippen LogP contribution in [0.2, 0.25) is 0 Å². The second-order valence-corrected chi connectivity index (χ2v) is 9.23. The zero-order valence-corrected chi connectivity index (χ0v) is 20.5. The maximum atomic E-state index is 15.2. The normalized spacial score (nSPS) is 23.9. The van der Waals surface area contributed by atoms with E-state index in [4.69, 9.17) is 10.5 Å². The molecule has 34 heavy (non-hydrogen) atoms. The third-order valence-corrected chi connectivity index (χ3v) is 6.68. The van der Waals surface area contributed by atoms with Crippen LogP contribution in [0.4, 0.5) is 4.39 Å². The predicted molar refractivity (Wildman–Crippen MR) is 132 cm³/mol. The molecule has 2 N–H and O–H groups in total. The molecule has 6 nitrogen and oxygen atoms in total. The van der Waals surface area contributed by atoms with E-state index in [0.717, 1.165) is 17.5 Å². The van der Waals surface area contributed by atoms with Crippen molar-refractivity contribution in [2.45, 2.75) is 57.4 Å². The number of likely N-dealkylation sites (tertiary alicyclic amines) is 2. The van der Waals surface area contributed by atoms with E-state index < -0.39 is 18.2 Å². The van der Waals surface area contributed by atoms with Gasteiger partial charge in [0, 0.05) is 25.6 Å². The minimum atomic E-state index is -1.06. The molecule has 4 atom stereocenters. The van der Waals surface area contributed by atoms with Gasteiger partial charge < -0.3 is 15.4 Å². The molecule has 8 heteroatoms. The number of halogens is 2. The maximum absolute atomic E-state index is 15.2. The van der Waals surface area contributed by atoms with Crippen LogP contribution in [0, 0.1) is 6.92 Å². The molecule has 2 aromatic carbocycles. The largest absolute Gasteiger partial charge is 0.425 e. The first-order chi connectivity index (χ1) is 15.8. The van der Waals surface area contributed by atoms with Gasteiger partial charge in [-0.15, -0.1) is 12.4 Å². The summed E-state index contributed by atoms with van der Waals surface area (Å²) in [4.78, 5) is 28.6. The van der Waals surface area contributed by atoms with Crippen molar-refractivity contribution in [1.29, 1.82) is 0 Å². The number of benzene rings is 2. The van der Waals surface area contributed by atoms with Gasteiger partial charge in [-0.05, 0) is 56.5 Å². The summed E-state index contributed by atoms with van der Waals surface area (Å²) in [6, 6.07) is 14.3. The molecule has 2 saturated heterocycles. The Labute approximate surface area is 206 Å². The summed E-state index contributed by atoms with van der Waals surface area (Å²) in [5.74, 6) is -0.239. The van der Waals surface area contributed by atoms with Gasteiger partial charge in [0.2, 0.25) is 5.91 Å². The number of hydrogen-bond donors (Lipinski definition) is 1. The van der Waals surface area contributed by atoms with Gasteiger partial charge in [0.05, 0.1) is 6.04 Å². The topological polar surface area (TPSA) is 75.9 Å². The third kappa shape index (κ3) is 5.95. The van der Waals surface area contributed by atoms with Crippen molar-refractivity contribution in [3.8, 4) is 5.75 Å². The average molecular weight is 490 g/mol. The zero-order valence-electron chi connectivity index (χ0n) is 19.7. The standard InChI is InChI=1S/C26H32FN3O3.ClH/c1-17-3-5-19(6-4-17)15-30-14-12-24(25(30)31)29-13-11-22(23(27)16-29)20-7-9-21(10-8-20)33-26(32)18(2)28;/h3-10,18,22-24H,11-16,28H2,1-2H3;1H/t18?,22-,23+,24+;/m0./s1. The Morgan fingerprint density at radius 3 is 2.41 bits per heavy atom. The number of aryl methyl sites for hydroxylation is 1. The Morgan fingerprint density at radius 1 is 1.12 bits per heavy atom. The summed E-state index contributed by atoms with van der Waals surface area (Å²) in [6.07, 6.45) is 0.319. The molecule has 0 radical (unpaired) electrons. The lowest BCUT2D eigenvalue weighted by Gasteiger charge is -2.37. The highest BCUT2D eigenvalue weighted by Crippen LogP contribution is 2.34. The molecule has 1 amide bonds. The van der Waals surface area contributed by atoms with Crippen molar-refractivity contribution < 1.29 is 18.7 Å². The van der Waals surface area contributed by atoms with Crippen LogP contribution in [0.3, 0.4) is 0 Å². The van der Waals surface area contributed by atoms with Crippen molar-refractivity contribution in [3.63, 3.8) is 0 Å². The minimum Gasteiger partial charge on any atom is -0.425 e. The van der Waals surface area contributed by atoms with Crippen LogP contribution < -0.4 is 10.5 Å². The highest BCUT2D eigenvalue weighted by Gasteiger charge is 2.40. The Morgan fingerprint density at radius 2 is 1.79 bits per heavy atom. The number of nitrogens with zero attached hydrogens (tertiary/aromatic N) is 2. The molecule has 0 aliphatic carbocycles. The Hall–Kier alpha value is -2.48. The van der Waals surface area contributed by atoms with E-state index in [1.54, 1.807) is 31.2 Å². The van der Waals surface area contributed by atoms with E-state index in [-0.39, 0.29) is 36.8 Å². The fourth-order valence-electron chi connectivity index (χ4n) is 4.71. The number of hydrogen-bond acceptors (Lipinski definition) is 5. The maximum Gasteiger partial charge on any atom is 0.328 e. The van der Waals surface area contributed by atoms with Crippen molar-refractivity contribution >= 4 is 24.3 Å². The number of rotatable bonds is 6. The summed E-state index contributed by atoms with van der Waals surface area (Å²) in [7, 11) is 0. The van der Waals surface area contributed by atoms with Crippen LogP contribution in [0.1, 0.15) is 42.4 Å². The summed E-state index contributed by atoms with van der Waals surface area (Å²) in [6.45, 7) is 5.85. The molecule has 184 valence electrons. The molecule has 0 spiro atoms. The number of piperidine rings is 1. The molecule has 2 heterocycles. The Bertz CT molecular complexity index is 984. The van der Waals surface area contributed by atoms with Gasteiger partial charge in [0.25, 0.3) is 0 Å². The highest BCUT2D eigenvalue weighted by atomic mass is 35.5. The van der Waals surface area contributed by atoms with Gasteiger partial charge in [-0.1, -0.05) is 42.0 Å². The molecule has 0 aromatic heterocycles. The van der Waals surface area contributed by atoms with Crippen LogP contribution in [-0.4, -0.2) is 59.6 Å². The van der Waals surface area contributed by atoms with Crippen molar-refractivity contribution in [2.75, 3.05) is 19.6 Å². The van der Waals surface area contributed by atoms with Crippen LogP contribution >= 0.6 is 12.4 Å². The lowest BCUT2D eigenvalue weighted by molar-refractivity contribution is -0.135. The molecule has 2 aromatic rings. The second-order valence-electron chi connectivity index (χ2n) is 9.23. The number of esters is 1. The van der Waals surface area contributed by atoms with Gasteiger partial charge in [-0.25, -0.2) is 9.18 Å². The van der Waals surface area contributed by atoms with Gasteiger partial charge in [-0.3, -0.25) is 9.69 Å². The summed E-state index contributed by atoms with van der Waals surface area (Å²) in [5.41, 5.74) is 8.71. The molecular weight excluding hydrogens is 457 g/mol. The molecule has 0 bridgehead atoms. The van der Waals surface area contributed by atoms with E-state index >= 15 is 4.39 Å². The first kappa shape index (κ1) is 26.1. The van der Waals surface area contributed by atoms with Crippen LogP contribution in [0.25, 0.3) is 0 Å². The van der Waals surface area contributed by atoms with E-state index in [9.17, 15) is 9.59 Å². The SMILES string of the molecule is Cc1ccc(CN2CC[C@@H](N3CC[C@@H](c4ccc(OC(=O)C(C)N)cc4)[C@H](F)C3)C2=O)cc1.Cl. The fourth-order valence-corrected chi connectivity index (χ4v) is 4.71. The predicted octanol–water partition coefficient (Wildman–Crippen LogP) is 3.60. The monoisotopic (exact) mass is 489 g/mol. The number of carbonyl (C=O) groups is 2. The quantitative estimate of drug-likeness (QED) is 0.495. The van der Waals surface area contributed by atoms with Crippen LogP contribution in [0.5, 0.6) is 5.75 Å². The van der Waals surface area contributed by atoms with Crippen molar-refractivity contribution in [2.24, 2.45) is 5.73 Å². The minimum absolute atomic E-state index is 0. The van der Waals surface area contributed by atoms with Crippen molar-refractivity contribution in [3.05, 3.63) is 65.2 Å². The molecule has 2 fully saturated rings. The Kier molecular flexibility index (Phi) is 8.68. The molecule has 0 saturated carbocycles. The Balaban J connectivity index is 0.00000324. The smallest absolute Gasteiger partial charge is 0.328 e. The third-order valence-electron chi connectivity index (χ3n) is 6.68. The fraction of sp³-hybridized carbons (Fsp3) is 0.462. The summed E-state index contributed by atoms with van der Waals surface area (Å²) >= 11 is 0.